The highest BCUT2D eigenvalue weighted by Gasteiger charge is 2.40. The van der Waals surface area contributed by atoms with E-state index in [0.717, 1.165) is 61.3 Å². The number of benzene rings is 2. The Kier molecular flexibility index (Phi) is 13.3. The Bertz CT molecular complexity index is 1640. The smallest absolute Gasteiger partial charge is 0.244 e. The Labute approximate surface area is 301 Å². The molecule has 3 heterocycles. The van der Waals surface area contributed by atoms with E-state index in [1.54, 1.807) is 11.1 Å². The largest absolute Gasteiger partial charge is 0.339 e. The van der Waals surface area contributed by atoms with Crippen molar-refractivity contribution in [2.24, 2.45) is 10.4 Å². The van der Waals surface area contributed by atoms with Crippen molar-refractivity contribution in [1.29, 1.82) is 0 Å². The quantitative estimate of drug-likeness (QED) is 0.300. The van der Waals surface area contributed by atoms with E-state index in [-0.39, 0.29) is 49.0 Å². The third kappa shape index (κ3) is 10.7. The highest BCUT2D eigenvalue weighted by Crippen LogP contribution is 2.34. The van der Waals surface area contributed by atoms with Gasteiger partial charge in [-0.25, -0.2) is 4.99 Å². The summed E-state index contributed by atoms with van der Waals surface area (Å²) in [7, 11) is 1.88. The Morgan fingerprint density at radius 3 is 2.51 bits per heavy atom. The van der Waals surface area contributed by atoms with Crippen molar-refractivity contribution < 1.29 is 19.2 Å². The summed E-state index contributed by atoms with van der Waals surface area (Å²) in [6.45, 7) is 11.3. The Balaban J connectivity index is 1.30. The van der Waals surface area contributed by atoms with Crippen molar-refractivity contribution in [3.8, 4) is 0 Å². The lowest BCUT2D eigenvalue weighted by atomic mass is 9.78. The second-order valence-electron chi connectivity index (χ2n) is 13.9. The molecule has 0 radical (unpaired) electrons. The number of aryl methyl sites for hydroxylation is 1. The number of fused-ring (bicyclic) bond motifs is 1. The molecule has 51 heavy (non-hydrogen) atoms. The van der Waals surface area contributed by atoms with E-state index in [2.05, 4.69) is 37.7 Å². The summed E-state index contributed by atoms with van der Waals surface area (Å²) in [6.07, 6.45) is 8.25. The molecule has 5 rings (SSSR count). The van der Waals surface area contributed by atoms with Crippen LogP contribution in [0.3, 0.4) is 0 Å². The predicted octanol–water partition coefficient (Wildman–Crippen LogP) is 2.61. The molecule has 3 aliphatic heterocycles. The second kappa shape index (κ2) is 18.0. The number of allylic oxidation sites excluding steroid dienone is 2. The number of likely N-dealkylation sites (tertiary alicyclic amines) is 1. The molecule has 4 N–H and O–H groups in total. The summed E-state index contributed by atoms with van der Waals surface area (Å²) < 4.78 is 0. The molecular weight excluding hydrogens is 644 g/mol. The molecule has 4 amide bonds. The van der Waals surface area contributed by atoms with Gasteiger partial charge in [0.25, 0.3) is 0 Å². The number of anilines is 1. The average molecular weight is 697 g/mol. The van der Waals surface area contributed by atoms with Crippen molar-refractivity contribution in [3.05, 3.63) is 89.3 Å². The van der Waals surface area contributed by atoms with Gasteiger partial charge in [-0.05, 0) is 86.3 Å². The monoisotopic (exact) mass is 696 g/mol. The number of carbonyl (C=O) groups is 4. The molecule has 272 valence electrons. The van der Waals surface area contributed by atoms with Crippen LogP contribution in [0.1, 0.15) is 48.4 Å². The highest BCUT2D eigenvalue weighted by atomic mass is 16.2. The molecule has 0 spiro atoms. The number of aliphatic imine (C=N–C) groups is 1. The van der Waals surface area contributed by atoms with E-state index >= 15 is 0 Å². The molecule has 3 aliphatic rings. The first-order valence-corrected chi connectivity index (χ1v) is 17.9. The van der Waals surface area contributed by atoms with Crippen LogP contribution in [0.25, 0.3) is 0 Å². The zero-order valence-corrected chi connectivity index (χ0v) is 30.0. The Morgan fingerprint density at radius 2 is 1.76 bits per heavy atom. The van der Waals surface area contributed by atoms with Crippen molar-refractivity contribution >= 4 is 35.5 Å². The summed E-state index contributed by atoms with van der Waals surface area (Å²) >= 11 is 0. The van der Waals surface area contributed by atoms with Gasteiger partial charge in [-0.3, -0.25) is 24.1 Å². The second-order valence-corrected chi connectivity index (χ2v) is 13.9. The zero-order chi connectivity index (χ0) is 36.2. The van der Waals surface area contributed by atoms with Crippen molar-refractivity contribution in [3.63, 3.8) is 0 Å². The van der Waals surface area contributed by atoms with Gasteiger partial charge in [-0.1, -0.05) is 49.9 Å². The molecule has 0 unspecified atom stereocenters. The Morgan fingerprint density at radius 1 is 1.02 bits per heavy atom. The predicted molar refractivity (Wildman–Crippen MR) is 200 cm³/mol. The van der Waals surface area contributed by atoms with Crippen LogP contribution in [0.2, 0.25) is 0 Å². The molecule has 0 aromatic heterocycles. The maximum absolute atomic E-state index is 14.5. The van der Waals surface area contributed by atoms with E-state index in [1.165, 1.54) is 0 Å². The van der Waals surface area contributed by atoms with E-state index in [9.17, 15) is 19.2 Å². The summed E-state index contributed by atoms with van der Waals surface area (Å²) in [4.78, 5) is 63.7. The van der Waals surface area contributed by atoms with Crippen LogP contribution in [0.5, 0.6) is 0 Å². The normalized spacial score (nSPS) is 18.8. The highest BCUT2D eigenvalue weighted by molar-refractivity contribution is 5.95. The summed E-state index contributed by atoms with van der Waals surface area (Å²) in [5.74, 6) is -0.236. The summed E-state index contributed by atoms with van der Waals surface area (Å²) in [5, 5.41) is 12.2. The minimum atomic E-state index is -0.680. The van der Waals surface area contributed by atoms with E-state index in [4.69, 9.17) is 0 Å². The fraction of sp³-hybridized carbons (Fsp3) is 0.462. The fourth-order valence-electron chi connectivity index (χ4n) is 6.91. The van der Waals surface area contributed by atoms with Gasteiger partial charge in [0.15, 0.2) is 0 Å². The average Bonchev–Trinajstić information content (AvgIpc) is 3.11. The minimum absolute atomic E-state index is 0.0740. The van der Waals surface area contributed by atoms with Crippen LogP contribution < -0.4 is 21.3 Å². The molecule has 2 aromatic rings. The number of piperazine rings is 1. The summed E-state index contributed by atoms with van der Waals surface area (Å²) in [5.41, 5.74) is 3.73. The molecule has 0 bridgehead atoms. The number of hydrogen-bond donors (Lipinski definition) is 4. The number of hydrogen-bond acceptors (Lipinski definition) is 8. The molecule has 0 aliphatic carbocycles. The number of nitrogens with one attached hydrogen (secondary N) is 4. The topological polar surface area (TPSA) is 138 Å². The fourth-order valence-corrected chi connectivity index (χ4v) is 6.91. The van der Waals surface area contributed by atoms with Gasteiger partial charge in [0.1, 0.15) is 12.4 Å². The van der Waals surface area contributed by atoms with Crippen LogP contribution in [0, 0.1) is 5.41 Å². The van der Waals surface area contributed by atoms with Crippen LogP contribution in [-0.2, 0) is 45.1 Å². The van der Waals surface area contributed by atoms with E-state index < -0.39 is 5.41 Å². The van der Waals surface area contributed by atoms with Crippen molar-refractivity contribution in [2.45, 2.75) is 52.1 Å². The number of piperidine rings is 1. The van der Waals surface area contributed by atoms with Crippen LogP contribution in [0.15, 0.2) is 72.0 Å². The van der Waals surface area contributed by atoms with Gasteiger partial charge in [-0.2, -0.15) is 0 Å². The molecule has 12 heteroatoms. The van der Waals surface area contributed by atoms with Crippen LogP contribution in [0.4, 0.5) is 5.69 Å². The lowest BCUT2D eigenvalue weighted by molar-refractivity contribution is -0.147. The molecule has 0 saturated carbocycles. The lowest BCUT2D eigenvalue weighted by Crippen LogP contribution is -2.53. The number of rotatable bonds is 10. The first-order valence-electron chi connectivity index (χ1n) is 17.9. The van der Waals surface area contributed by atoms with Gasteiger partial charge < -0.3 is 31.1 Å². The molecule has 2 aromatic carbocycles. The van der Waals surface area contributed by atoms with E-state index in [0.29, 0.717) is 44.7 Å². The first kappa shape index (κ1) is 37.6. The maximum atomic E-state index is 14.5. The molecule has 2 saturated heterocycles. The Hall–Kier alpha value is -4.65. The third-order valence-corrected chi connectivity index (χ3v) is 9.93. The maximum Gasteiger partial charge on any atom is 0.244 e. The first-order chi connectivity index (χ1) is 24.6. The van der Waals surface area contributed by atoms with Gasteiger partial charge >= 0.3 is 0 Å². The van der Waals surface area contributed by atoms with Crippen LogP contribution in [-0.4, -0.2) is 104 Å². The number of carbonyl (C=O) groups excluding carboxylic acids is 4. The van der Waals surface area contributed by atoms with Gasteiger partial charge in [0.2, 0.25) is 23.6 Å². The minimum Gasteiger partial charge on any atom is -0.339 e. The zero-order valence-electron chi connectivity index (χ0n) is 30.0. The van der Waals surface area contributed by atoms with Crippen molar-refractivity contribution in [1.82, 2.24) is 30.7 Å². The SMILES string of the molecule is C=C1N=C/C=C\CCc2ccc(NC(=O)CN(Cc3ccccc3CNC)C(=O)C3(C)CCN(CC(=O)N4CCNCC4)CC3)cc2CC(=O)N1. The number of amides is 4. The molecule has 12 nitrogen and oxygen atoms in total. The van der Waals surface area contributed by atoms with E-state index in [1.807, 2.05) is 73.5 Å². The van der Waals surface area contributed by atoms with Gasteiger partial charge in [0.05, 0.1) is 13.0 Å². The van der Waals surface area contributed by atoms with Gasteiger partial charge in [-0.15, -0.1) is 0 Å². The number of nitrogens with zero attached hydrogens (tertiary/aromatic N) is 4. The summed E-state index contributed by atoms with van der Waals surface area (Å²) in [6, 6.07) is 13.6. The molecular formula is C39H52N8O4. The third-order valence-electron chi connectivity index (χ3n) is 9.93. The van der Waals surface area contributed by atoms with Crippen LogP contribution >= 0.6 is 0 Å². The van der Waals surface area contributed by atoms with Crippen molar-refractivity contribution in [2.75, 3.05) is 64.7 Å². The standard InChI is InChI=1S/C39H52N8O4/c1-29-42-16-8-4-5-9-30-12-13-34(23-33(30)24-35(48)43-29)44-36(49)27-47(26-32-11-7-6-10-31(32)25-40-3)38(51)39(2)14-19-45(20-15-39)28-37(50)46-21-17-41-18-22-46/h4,6-8,10-13,16,23,40-41H,1,5,9,14-15,17-22,24-28H2,2-3H3,(H,43,48)(H,44,49)/b8-4-,42-16?. The molecule has 0 atom stereocenters. The molecule has 2 fully saturated rings. The lowest BCUT2D eigenvalue weighted by Gasteiger charge is -2.41. The van der Waals surface area contributed by atoms with Gasteiger partial charge in [0, 0.05) is 56.6 Å².